The van der Waals surface area contributed by atoms with Gasteiger partial charge < -0.3 is 10.5 Å². The first-order valence-electron chi connectivity index (χ1n) is 6.51. The maximum absolute atomic E-state index is 12.3. The normalized spacial score (nSPS) is 12.4. The highest BCUT2D eigenvalue weighted by molar-refractivity contribution is 6.01. The Labute approximate surface area is 113 Å². The molecule has 0 aromatic heterocycles. The molecule has 0 heterocycles. The third-order valence-corrected chi connectivity index (χ3v) is 3.48. The molecular weight excluding hydrogens is 238 g/mol. The number of benzene rings is 2. The Balaban J connectivity index is 2.39. The first kappa shape index (κ1) is 13.6. The minimum absolute atomic E-state index is 0.0873. The van der Waals surface area contributed by atoms with Gasteiger partial charge in [-0.3, -0.25) is 4.79 Å². The van der Waals surface area contributed by atoms with Crippen LogP contribution >= 0.6 is 0 Å². The van der Waals surface area contributed by atoms with Crippen LogP contribution in [0.25, 0.3) is 10.8 Å². The molecular formula is C16H19NO2. The Hall–Kier alpha value is -1.87. The van der Waals surface area contributed by atoms with Crippen LogP contribution in [0.15, 0.2) is 36.4 Å². The molecule has 0 spiro atoms. The summed E-state index contributed by atoms with van der Waals surface area (Å²) in [5.41, 5.74) is 6.37. The number of hydrogen-bond donors (Lipinski definition) is 1. The lowest BCUT2D eigenvalue weighted by atomic mass is 9.94. The van der Waals surface area contributed by atoms with Gasteiger partial charge in [-0.15, -0.1) is 0 Å². The molecule has 1 unspecified atom stereocenters. The predicted molar refractivity (Wildman–Crippen MR) is 77.7 cm³/mol. The topological polar surface area (TPSA) is 52.3 Å². The van der Waals surface area contributed by atoms with E-state index in [1.807, 2.05) is 43.3 Å². The maximum Gasteiger partial charge on any atom is 0.167 e. The number of methoxy groups -OCH3 is 1. The zero-order valence-corrected chi connectivity index (χ0v) is 11.3. The summed E-state index contributed by atoms with van der Waals surface area (Å²) < 4.78 is 5.19. The second kappa shape index (κ2) is 5.85. The van der Waals surface area contributed by atoms with E-state index in [2.05, 4.69) is 0 Å². The minimum Gasteiger partial charge on any atom is -0.497 e. The van der Waals surface area contributed by atoms with Crippen molar-refractivity contribution in [3.63, 3.8) is 0 Å². The van der Waals surface area contributed by atoms with Gasteiger partial charge in [0.15, 0.2) is 5.78 Å². The third-order valence-electron chi connectivity index (χ3n) is 3.48. The fraction of sp³-hybridized carbons (Fsp3) is 0.312. The number of nitrogens with two attached hydrogens (primary N) is 1. The van der Waals surface area contributed by atoms with Gasteiger partial charge in [0.25, 0.3) is 0 Å². The molecule has 0 aliphatic heterocycles. The van der Waals surface area contributed by atoms with Crippen LogP contribution in [-0.2, 0) is 0 Å². The number of rotatable bonds is 5. The Kier molecular flexibility index (Phi) is 4.17. The average Bonchev–Trinajstić information content (AvgIpc) is 2.47. The summed E-state index contributed by atoms with van der Waals surface area (Å²) in [6, 6.07) is 11.6. The van der Waals surface area contributed by atoms with Crippen LogP contribution in [0.5, 0.6) is 5.75 Å². The van der Waals surface area contributed by atoms with Crippen molar-refractivity contribution in [1.82, 2.24) is 0 Å². The molecule has 3 heteroatoms. The van der Waals surface area contributed by atoms with E-state index < -0.39 is 0 Å². The van der Waals surface area contributed by atoms with Gasteiger partial charge >= 0.3 is 0 Å². The molecule has 100 valence electrons. The number of ketones is 1. The molecule has 0 saturated heterocycles. The largest absolute Gasteiger partial charge is 0.497 e. The molecule has 3 nitrogen and oxygen atoms in total. The number of Topliss-reactive ketones (excluding diaryl/α,β-unsaturated/α-hetero) is 1. The van der Waals surface area contributed by atoms with Crippen molar-refractivity contribution in [3.05, 3.63) is 42.0 Å². The van der Waals surface area contributed by atoms with E-state index in [9.17, 15) is 4.79 Å². The van der Waals surface area contributed by atoms with Crippen molar-refractivity contribution < 1.29 is 9.53 Å². The van der Waals surface area contributed by atoms with E-state index in [4.69, 9.17) is 10.5 Å². The highest BCUT2D eigenvalue weighted by Crippen LogP contribution is 2.23. The molecule has 2 aromatic rings. The smallest absolute Gasteiger partial charge is 0.167 e. The second-order valence-electron chi connectivity index (χ2n) is 4.63. The fourth-order valence-corrected chi connectivity index (χ4v) is 2.20. The molecule has 0 aliphatic rings. The van der Waals surface area contributed by atoms with Crippen molar-refractivity contribution >= 4 is 16.6 Å². The van der Waals surface area contributed by atoms with Gasteiger partial charge in [-0.1, -0.05) is 25.1 Å². The molecule has 0 bridgehead atoms. The summed E-state index contributed by atoms with van der Waals surface area (Å²) in [6.07, 6.45) is 0.774. The van der Waals surface area contributed by atoms with Crippen LogP contribution in [0.1, 0.15) is 23.7 Å². The van der Waals surface area contributed by atoms with Crippen molar-refractivity contribution in [2.75, 3.05) is 13.7 Å². The molecule has 0 radical (unpaired) electrons. The first-order valence-corrected chi connectivity index (χ1v) is 6.51. The summed E-state index contributed by atoms with van der Waals surface area (Å²) >= 11 is 0. The zero-order chi connectivity index (χ0) is 13.8. The Morgan fingerprint density at radius 3 is 2.53 bits per heavy atom. The minimum atomic E-state index is -0.0873. The molecule has 0 fully saturated rings. The second-order valence-corrected chi connectivity index (χ2v) is 4.63. The SMILES string of the molecule is CCC(CN)C(=O)c1ccc2cc(OC)ccc2c1. The summed E-state index contributed by atoms with van der Waals surface area (Å²) in [4.78, 5) is 12.3. The molecule has 1 atom stereocenters. The fourth-order valence-electron chi connectivity index (χ4n) is 2.20. The monoisotopic (exact) mass is 257 g/mol. The van der Waals surface area contributed by atoms with Gasteiger partial charge in [0.2, 0.25) is 0 Å². The van der Waals surface area contributed by atoms with Gasteiger partial charge in [0.1, 0.15) is 5.75 Å². The lowest BCUT2D eigenvalue weighted by Crippen LogP contribution is -2.23. The molecule has 19 heavy (non-hydrogen) atoms. The molecule has 2 N–H and O–H groups in total. The number of carbonyl (C=O) groups excluding carboxylic acids is 1. The van der Waals surface area contributed by atoms with E-state index in [0.717, 1.165) is 28.5 Å². The number of carbonyl (C=O) groups is 1. The molecule has 2 aromatic carbocycles. The number of ether oxygens (including phenoxy) is 1. The molecule has 0 saturated carbocycles. The van der Waals surface area contributed by atoms with Crippen LogP contribution in [0.2, 0.25) is 0 Å². The quantitative estimate of drug-likeness (QED) is 0.838. The molecule has 0 aliphatic carbocycles. The van der Waals surface area contributed by atoms with Gasteiger partial charge in [0.05, 0.1) is 7.11 Å². The standard InChI is InChI=1S/C16H19NO2/c1-3-11(10-17)16(18)14-5-4-13-9-15(19-2)7-6-12(13)8-14/h4-9,11H,3,10,17H2,1-2H3. The zero-order valence-electron chi connectivity index (χ0n) is 11.3. The summed E-state index contributed by atoms with van der Waals surface area (Å²) in [5, 5.41) is 2.11. The van der Waals surface area contributed by atoms with Gasteiger partial charge in [0, 0.05) is 18.0 Å². The van der Waals surface area contributed by atoms with E-state index in [1.54, 1.807) is 7.11 Å². The van der Waals surface area contributed by atoms with Crippen LogP contribution in [0.4, 0.5) is 0 Å². The highest BCUT2D eigenvalue weighted by Gasteiger charge is 2.16. The predicted octanol–water partition coefficient (Wildman–Crippen LogP) is 3.02. The van der Waals surface area contributed by atoms with Crippen molar-refractivity contribution in [1.29, 1.82) is 0 Å². The lowest BCUT2D eigenvalue weighted by molar-refractivity contribution is 0.0921. The first-order chi connectivity index (χ1) is 9.19. The van der Waals surface area contributed by atoms with E-state index >= 15 is 0 Å². The van der Waals surface area contributed by atoms with Crippen molar-refractivity contribution in [2.24, 2.45) is 11.7 Å². The van der Waals surface area contributed by atoms with Crippen LogP contribution in [0, 0.1) is 5.92 Å². The summed E-state index contributed by atoms with van der Waals surface area (Å²) in [5.74, 6) is 0.860. The van der Waals surface area contributed by atoms with E-state index in [1.165, 1.54) is 0 Å². The third kappa shape index (κ3) is 2.76. The molecule has 2 rings (SSSR count). The Morgan fingerprint density at radius 1 is 1.21 bits per heavy atom. The summed E-state index contributed by atoms with van der Waals surface area (Å²) in [6.45, 7) is 2.39. The Morgan fingerprint density at radius 2 is 1.89 bits per heavy atom. The van der Waals surface area contributed by atoms with Crippen molar-refractivity contribution in [2.45, 2.75) is 13.3 Å². The van der Waals surface area contributed by atoms with Gasteiger partial charge in [-0.25, -0.2) is 0 Å². The van der Waals surface area contributed by atoms with Crippen LogP contribution in [-0.4, -0.2) is 19.4 Å². The van der Waals surface area contributed by atoms with Gasteiger partial charge in [-0.05, 0) is 35.4 Å². The number of hydrogen-bond acceptors (Lipinski definition) is 3. The van der Waals surface area contributed by atoms with Gasteiger partial charge in [-0.2, -0.15) is 0 Å². The lowest BCUT2D eigenvalue weighted by Gasteiger charge is -2.11. The van der Waals surface area contributed by atoms with Crippen LogP contribution < -0.4 is 10.5 Å². The highest BCUT2D eigenvalue weighted by atomic mass is 16.5. The Bertz CT molecular complexity index is 588. The maximum atomic E-state index is 12.3. The average molecular weight is 257 g/mol. The van der Waals surface area contributed by atoms with Crippen LogP contribution in [0.3, 0.4) is 0 Å². The van der Waals surface area contributed by atoms with E-state index in [-0.39, 0.29) is 11.7 Å². The summed E-state index contributed by atoms with van der Waals surface area (Å²) in [7, 11) is 1.64. The van der Waals surface area contributed by atoms with E-state index in [0.29, 0.717) is 6.54 Å². The number of fused-ring (bicyclic) bond motifs is 1. The molecule has 0 amide bonds. The van der Waals surface area contributed by atoms with Crippen molar-refractivity contribution in [3.8, 4) is 5.75 Å².